The summed E-state index contributed by atoms with van der Waals surface area (Å²) in [5.74, 6) is -2.34. The van der Waals surface area contributed by atoms with Crippen molar-refractivity contribution in [2.75, 3.05) is 0 Å². The molecule has 19 heavy (non-hydrogen) atoms. The third kappa shape index (κ3) is 3.11. The molecule has 0 saturated heterocycles. The predicted molar refractivity (Wildman–Crippen MR) is 66.7 cm³/mol. The second kappa shape index (κ2) is 5.53. The Morgan fingerprint density at radius 3 is 2.68 bits per heavy atom. The highest BCUT2D eigenvalue weighted by Crippen LogP contribution is 2.20. The van der Waals surface area contributed by atoms with E-state index in [1.54, 1.807) is 0 Å². The number of carbonyl (C=O) groups is 2. The van der Waals surface area contributed by atoms with Crippen molar-refractivity contribution in [3.8, 4) is 0 Å². The Morgan fingerprint density at radius 2 is 2.00 bits per heavy atom. The summed E-state index contributed by atoms with van der Waals surface area (Å²) in [4.78, 5) is 21.5. The van der Waals surface area contributed by atoms with Gasteiger partial charge in [0.1, 0.15) is 11.6 Å². The lowest BCUT2D eigenvalue weighted by Gasteiger charge is -2.11. The summed E-state index contributed by atoms with van der Waals surface area (Å²) in [6.45, 7) is 0.237. The van der Waals surface area contributed by atoms with E-state index in [0.29, 0.717) is 5.58 Å². The highest BCUT2D eigenvalue weighted by atomic mass is 16.4. The van der Waals surface area contributed by atoms with Crippen molar-refractivity contribution >= 4 is 22.9 Å². The molecule has 0 saturated carbocycles. The Balaban J connectivity index is 2.08. The van der Waals surface area contributed by atoms with Crippen LogP contribution in [-0.4, -0.2) is 28.2 Å². The lowest BCUT2D eigenvalue weighted by atomic mass is 10.1. The number of nitrogens with one attached hydrogen (secondary N) is 1. The van der Waals surface area contributed by atoms with E-state index in [9.17, 15) is 9.59 Å². The van der Waals surface area contributed by atoms with E-state index in [4.69, 9.17) is 14.6 Å². The van der Waals surface area contributed by atoms with Crippen LogP contribution in [0.5, 0.6) is 0 Å². The Hall–Kier alpha value is -2.34. The number of benzene rings is 1. The zero-order valence-electron chi connectivity index (χ0n) is 10.00. The van der Waals surface area contributed by atoms with Crippen LogP contribution < -0.4 is 5.32 Å². The minimum absolute atomic E-state index is 0.237. The van der Waals surface area contributed by atoms with E-state index in [2.05, 4.69) is 5.32 Å². The Bertz CT molecular complexity index is 604. The second-order valence-corrected chi connectivity index (χ2v) is 4.13. The minimum atomic E-state index is -1.18. The highest BCUT2D eigenvalue weighted by molar-refractivity contribution is 5.82. The lowest BCUT2D eigenvalue weighted by Crippen LogP contribution is -2.38. The third-order valence-corrected chi connectivity index (χ3v) is 2.78. The molecule has 3 N–H and O–H groups in total. The Kier molecular flexibility index (Phi) is 3.82. The first-order valence-corrected chi connectivity index (χ1v) is 5.71. The number of rotatable bonds is 6. The van der Waals surface area contributed by atoms with Crippen LogP contribution in [0.25, 0.3) is 11.0 Å². The van der Waals surface area contributed by atoms with Gasteiger partial charge in [-0.25, -0.2) is 0 Å². The third-order valence-electron chi connectivity index (χ3n) is 2.78. The van der Waals surface area contributed by atoms with Gasteiger partial charge in [-0.2, -0.15) is 0 Å². The number of aliphatic carboxylic acids is 2. The van der Waals surface area contributed by atoms with Crippen molar-refractivity contribution in [3.63, 3.8) is 0 Å². The van der Waals surface area contributed by atoms with Crippen LogP contribution in [0.4, 0.5) is 0 Å². The first-order chi connectivity index (χ1) is 9.08. The molecule has 0 radical (unpaired) electrons. The molecule has 2 aromatic rings. The van der Waals surface area contributed by atoms with Crippen molar-refractivity contribution in [1.29, 1.82) is 0 Å². The molecule has 100 valence electrons. The molecule has 1 heterocycles. The molecule has 0 amide bonds. The number of fused-ring (bicyclic) bond motifs is 1. The molecule has 0 aliphatic heterocycles. The van der Waals surface area contributed by atoms with Crippen LogP contribution >= 0.6 is 0 Å². The topological polar surface area (TPSA) is 99.8 Å². The summed E-state index contributed by atoms with van der Waals surface area (Å²) in [6, 6.07) is 6.25. The SMILES string of the molecule is O=C(O)CC(NCc1coc2ccccc12)C(=O)O. The molecule has 1 aromatic carbocycles. The Labute approximate surface area is 108 Å². The minimum Gasteiger partial charge on any atom is -0.481 e. The number of carboxylic acids is 2. The molecule has 0 aliphatic rings. The first kappa shape index (κ1) is 13.1. The van der Waals surface area contributed by atoms with Crippen LogP contribution in [0.15, 0.2) is 34.9 Å². The maximum atomic E-state index is 10.9. The van der Waals surface area contributed by atoms with Crippen molar-refractivity contribution in [3.05, 3.63) is 36.1 Å². The van der Waals surface area contributed by atoms with Crippen LogP contribution in [-0.2, 0) is 16.1 Å². The number of carboxylic acid groups (broad SMARTS) is 2. The average molecular weight is 263 g/mol. The van der Waals surface area contributed by atoms with Crippen LogP contribution in [0.1, 0.15) is 12.0 Å². The molecular formula is C13H13NO5. The molecule has 1 aromatic heterocycles. The van der Waals surface area contributed by atoms with E-state index >= 15 is 0 Å². The molecule has 0 fully saturated rings. The summed E-state index contributed by atoms with van der Waals surface area (Å²) in [5, 5.41) is 21.1. The number of hydrogen-bond donors (Lipinski definition) is 3. The maximum absolute atomic E-state index is 10.9. The van der Waals surface area contributed by atoms with E-state index in [0.717, 1.165) is 10.9 Å². The molecule has 6 nitrogen and oxygen atoms in total. The van der Waals surface area contributed by atoms with Gasteiger partial charge >= 0.3 is 11.9 Å². The number of hydrogen-bond acceptors (Lipinski definition) is 4. The van der Waals surface area contributed by atoms with E-state index < -0.39 is 24.4 Å². The summed E-state index contributed by atoms with van der Waals surface area (Å²) >= 11 is 0. The lowest BCUT2D eigenvalue weighted by molar-refractivity contribution is -0.146. The van der Waals surface area contributed by atoms with Crippen molar-refractivity contribution in [2.24, 2.45) is 0 Å². The summed E-state index contributed by atoms with van der Waals surface area (Å²) in [6.07, 6.45) is 1.07. The van der Waals surface area contributed by atoms with Crippen LogP contribution in [0.3, 0.4) is 0 Å². The zero-order valence-corrected chi connectivity index (χ0v) is 10.00. The van der Waals surface area contributed by atoms with Crippen LogP contribution in [0, 0.1) is 0 Å². The van der Waals surface area contributed by atoms with Gasteiger partial charge in [-0.05, 0) is 6.07 Å². The second-order valence-electron chi connectivity index (χ2n) is 4.13. The molecule has 6 heteroatoms. The molecule has 0 bridgehead atoms. The molecule has 0 aliphatic carbocycles. The van der Waals surface area contributed by atoms with Crippen molar-refractivity contribution in [1.82, 2.24) is 5.32 Å². The molecule has 2 rings (SSSR count). The number of para-hydroxylation sites is 1. The molecule has 1 unspecified atom stereocenters. The van der Waals surface area contributed by atoms with Gasteiger partial charge in [0.05, 0.1) is 12.7 Å². The first-order valence-electron chi connectivity index (χ1n) is 5.71. The van der Waals surface area contributed by atoms with Gasteiger partial charge in [0.25, 0.3) is 0 Å². The van der Waals surface area contributed by atoms with Crippen LogP contribution in [0.2, 0.25) is 0 Å². The predicted octanol–water partition coefficient (Wildman–Crippen LogP) is 1.45. The molecule has 1 atom stereocenters. The summed E-state index contributed by atoms with van der Waals surface area (Å²) in [7, 11) is 0. The largest absolute Gasteiger partial charge is 0.481 e. The molecule has 0 spiro atoms. The molecular weight excluding hydrogens is 250 g/mol. The van der Waals surface area contributed by atoms with Gasteiger partial charge in [0, 0.05) is 17.5 Å². The van der Waals surface area contributed by atoms with Gasteiger partial charge in [-0.3, -0.25) is 14.9 Å². The standard InChI is InChI=1S/C13H13NO5/c15-12(16)5-10(13(17)18)14-6-8-7-19-11-4-2-1-3-9(8)11/h1-4,7,10,14H,5-6H2,(H,15,16)(H,17,18). The van der Waals surface area contributed by atoms with E-state index in [-0.39, 0.29) is 6.54 Å². The average Bonchev–Trinajstić information content (AvgIpc) is 2.77. The van der Waals surface area contributed by atoms with Crippen molar-refractivity contribution < 1.29 is 24.2 Å². The van der Waals surface area contributed by atoms with Gasteiger partial charge in [-0.15, -0.1) is 0 Å². The number of furan rings is 1. The van der Waals surface area contributed by atoms with Gasteiger partial charge < -0.3 is 14.6 Å². The fraction of sp³-hybridized carbons (Fsp3) is 0.231. The quantitative estimate of drug-likeness (QED) is 0.729. The van der Waals surface area contributed by atoms with E-state index in [1.165, 1.54) is 6.26 Å². The smallest absolute Gasteiger partial charge is 0.321 e. The summed E-state index contributed by atoms with van der Waals surface area (Å²) < 4.78 is 5.32. The zero-order chi connectivity index (χ0) is 13.8. The van der Waals surface area contributed by atoms with Gasteiger partial charge in [-0.1, -0.05) is 18.2 Å². The fourth-order valence-corrected chi connectivity index (χ4v) is 1.82. The normalized spacial score (nSPS) is 12.4. The fourth-order valence-electron chi connectivity index (χ4n) is 1.82. The summed E-state index contributed by atoms with van der Waals surface area (Å²) in [5.41, 5.74) is 1.51. The van der Waals surface area contributed by atoms with Gasteiger partial charge in [0.2, 0.25) is 0 Å². The van der Waals surface area contributed by atoms with Crippen molar-refractivity contribution in [2.45, 2.75) is 19.0 Å². The van der Waals surface area contributed by atoms with E-state index in [1.807, 2.05) is 24.3 Å². The maximum Gasteiger partial charge on any atom is 0.321 e. The Morgan fingerprint density at radius 1 is 1.26 bits per heavy atom. The highest BCUT2D eigenvalue weighted by Gasteiger charge is 2.20. The monoisotopic (exact) mass is 263 g/mol. The van der Waals surface area contributed by atoms with Gasteiger partial charge in [0.15, 0.2) is 0 Å².